The van der Waals surface area contributed by atoms with Crippen molar-refractivity contribution < 1.29 is 0 Å². The van der Waals surface area contributed by atoms with Crippen LogP contribution in [0.25, 0.3) is 20.7 Å². The van der Waals surface area contributed by atoms with Gasteiger partial charge in [0, 0.05) is 15.8 Å². The summed E-state index contributed by atoms with van der Waals surface area (Å²) in [5.41, 5.74) is 3.37. The minimum atomic E-state index is 0. The van der Waals surface area contributed by atoms with E-state index < -0.39 is 0 Å². The molecular formula is C18H15ClN2S2. The average Bonchev–Trinajstić information content (AvgIpc) is 3.15. The van der Waals surface area contributed by atoms with Gasteiger partial charge in [-0.3, -0.25) is 0 Å². The van der Waals surface area contributed by atoms with Gasteiger partial charge in [-0.05, 0) is 36.6 Å². The van der Waals surface area contributed by atoms with E-state index in [1.165, 1.54) is 20.5 Å². The number of nitrogens with zero attached hydrogens (tertiary/aromatic N) is 1. The number of fused-ring (bicyclic) bond motifs is 1. The molecule has 0 saturated carbocycles. The lowest BCUT2D eigenvalue weighted by Crippen LogP contribution is -1.89. The van der Waals surface area contributed by atoms with E-state index in [0.29, 0.717) is 0 Å². The predicted octanol–water partition coefficient (Wildman–Crippen LogP) is 6.50. The highest BCUT2D eigenvalue weighted by Crippen LogP contribution is 2.35. The number of hydrogen-bond acceptors (Lipinski definition) is 4. The summed E-state index contributed by atoms with van der Waals surface area (Å²) in [6.45, 7) is 2.09. The highest BCUT2D eigenvalue weighted by Gasteiger charge is 2.08. The molecule has 0 amide bonds. The highest BCUT2D eigenvalue weighted by molar-refractivity contribution is 7.22. The van der Waals surface area contributed by atoms with Crippen molar-refractivity contribution in [1.82, 2.24) is 4.98 Å². The Bertz CT molecular complexity index is 893. The second-order valence-electron chi connectivity index (χ2n) is 5.18. The van der Waals surface area contributed by atoms with Gasteiger partial charge in [-0.15, -0.1) is 35.1 Å². The molecule has 0 radical (unpaired) electrons. The Hall–Kier alpha value is -1.88. The van der Waals surface area contributed by atoms with Crippen LogP contribution in [0.15, 0.2) is 60.0 Å². The first kappa shape index (κ1) is 16.0. The minimum absolute atomic E-state index is 0. The number of halogens is 1. The maximum atomic E-state index is 4.71. The van der Waals surface area contributed by atoms with Gasteiger partial charge in [-0.1, -0.05) is 35.9 Å². The summed E-state index contributed by atoms with van der Waals surface area (Å²) < 4.78 is 1.30. The first-order valence-corrected chi connectivity index (χ1v) is 8.76. The maximum absolute atomic E-state index is 4.71. The summed E-state index contributed by atoms with van der Waals surface area (Å²) >= 11 is 3.43. The van der Waals surface area contributed by atoms with Crippen molar-refractivity contribution in [3.05, 3.63) is 65.5 Å². The summed E-state index contributed by atoms with van der Waals surface area (Å²) in [6.07, 6.45) is 0. The molecule has 0 unspecified atom stereocenters. The molecule has 0 aliphatic rings. The number of nitrogens with one attached hydrogen (secondary N) is 1. The molecule has 23 heavy (non-hydrogen) atoms. The van der Waals surface area contributed by atoms with Crippen molar-refractivity contribution in [2.45, 2.75) is 6.92 Å². The molecule has 2 nitrogen and oxygen atoms in total. The Labute approximate surface area is 149 Å². The second-order valence-corrected chi connectivity index (χ2v) is 7.12. The lowest BCUT2D eigenvalue weighted by Gasteiger charge is -2.02. The molecule has 0 saturated heterocycles. The molecule has 0 atom stereocenters. The van der Waals surface area contributed by atoms with E-state index in [9.17, 15) is 0 Å². The van der Waals surface area contributed by atoms with E-state index in [-0.39, 0.29) is 12.4 Å². The summed E-state index contributed by atoms with van der Waals surface area (Å²) in [7, 11) is 0. The predicted molar refractivity (Wildman–Crippen MR) is 105 cm³/mol. The van der Waals surface area contributed by atoms with Crippen LogP contribution in [0, 0.1) is 6.92 Å². The van der Waals surface area contributed by atoms with Crippen molar-refractivity contribution in [3.8, 4) is 10.6 Å². The molecule has 0 fully saturated rings. The molecule has 0 aliphatic carbocycles. The standard InChI is InChI=1S/C18H14N2S2.ClH/c1-12-6-8-14(9-7-12)19-18-20-15(11-21-18)17-10-13-4-2-3-5-16(13)22-17;/h2-11H,1H3,(H,19,20);1H. The van der Waals surface area contributed by atoms with Crippen molar-refractivity contribution in [2.75, 3.05) is 5.32 Å². The van der Waals surface area contributed by atoms with Crippen LogP contribution in [-0.2, 0) is 0 Å². The Morgan fingerprint density at radius 3 is 2.57 bits per heavy atom. The van der Waals surface area contributed by atoms with Crippen molar-refractivity contribution in [2.24, 2.45) is 0 Å². The number of rotatable bonds is 3. The molecular weight excluding hydrogens is 344 g/mol. The van der Waals surface area contributed by atoms with Gasteiger partial charge in [0.2, 0.25) is 0 Å². The van der Waals surface area contributed by atoms with Gasteiger partial charge in [0.05, 0.1) is 10.6 Å². The van der Waals surface area contributed by atoms with Crippen LogP contribution in [0.5, 0.6) is 0 Å². The fourth-order valence-electron chi connectivity index (χ4n) is 2.31. The van der Waals surface area contributed by atoms with E-state index in [0.717, 1.165) is 16.5 Å². The lowest BCUT2D eigenvalue weighted by atomic mass is 10.2. The summed E-state index contributed by atoms with van der Waals surface area (Å²) in [4.78, 5) is 5.93. The Morgan fingerprint density at radius 1 is 1.00 bits per heavy atom. The van der Waals surface area contributed by atoms with Crippen molar-refractivity contribution in [3.63, 3.8) is 0 Å². The highest BCUT2D eigenvalue weighted by atomic mass is 35.5. The molecule has 116 valence electrons. The van der Waals surface area contributed by atoms with E-state index in [2.05, 4.69) is 72.2 Å². The molecule has 4 aromatic rings. The first-order valence-electron chi connectivity index (χ1n) is 7.06. The van der Waals surface area contributed by atoms with Gasteiger partial charge >= 0.3 is 0 Å². The number of thiophene rings is 1. The van der Waals surface area contributed by atoms with Gasteiger partial charge in [-0.2, -0.15) is 0 Å². The number of aromatic nitrogens is 1. The number of thiazole rings is 1. The second kappa shape index (κ2) is 6.71. The quantitative estimate of drug-likeness (QED) is 0.452. The Morgan fingerprint density at radius 2 is 1.78 bits per heavy atom. The molecule has 2 aromatic carbocycles. The fourth-order valence-corrected chi connectivity index (χ4v) is 4.14. The molecule has 0 bridgehead atoms. The van der Waals surface area contributed by atoms with E-state index >= 15 is 0 Å². The van der Waals surface area contributed by atoms with Gasteiger partial charge in [0.25, 0.3) is 0 Å². The molecule has 2 heterocycles. The molecule has 0 aliphatic heterocycles. The minimum Gasteiger partial charge on any atom is -0.332 e. The maximum Gasteiger partial charge on any atom is 0.187 e. The van der Waals surface area contributed by atoms with E-state index in [4.69, 9.17) is 4.98 Å². The summed E-state index contributed by atoms with van der Waals surface area (Å²) in [5.74, 6) is 0. The van der Waals surface area contributed by atoms with E-state index in [1.54, 1.807) is 22.7 Å². The summed E-state index contributed by atoms with van der Waals surface area (Å²) in [5, 5.41) is 7.69. The van der Waals surface area contributed by atoms with Crippen LogP contribution >= 0.6 is 35.1 Å². The zero-order valence-corrected chi connectivity index (χ0v) is 14.9. The van der Waals surface area contributed by atoms with Crippen LogP contribution in [0.1, 0.15) is 5.56 Å². The Balaban J connectivity index is 0.00000156. The molecule has 1 N–H and O–H groups in total. The Kier molecular flexibility index (Phi) is 4.66. The van der Waals surface area contributed by atoms with Crippen molar-refractivity contribution in [1.29, 1.82) is 0 Å². The molecule has 4 rings (SSSR count). The monoisotopic (exact) mass is 358 g/mol. The van der Waals surface area contributed by atoms with Crippen molar-refractivity contribution >= 4 is 56.0 Å². The zero-order chi connectivity index (χ0) is 14.9. The average molecular weight is 359 g/mol. The largest absolute Gasteiger partial charge is 0.332 e. The normalized spacial score (nSPS) is 10.5. The third kappa shape index (κ3) is 3.39. The van der Waals surface area contributed by atoms with Crippen LogP contribution in [0.3, 0.4) is 0 Å². The van der Waals surface area contributed by atoms with Crippen LogP contribution in [0.2, 0.25) is 0 Å². The first-order chi connectivity index (χ1) is 10.8. The molecule has 5 heteroatoms. The molecule has 0 spiro atoms. The number of hydrogen-bond donors (Lipinski definition) is 1. The van der Waals surface area contributed by atoms with Gasteiger partial charge in [-0.25, -0.2) is 4.98 Å². The fraction of sp³-hybridized carbons (Fsp3) is 0.0556. The number of benzene rings is 2. The van der Waals surface area contributed by atoms with Gasteiger partial charge < -0.3 is 5.32 Å². The van der Waals surface area contributed by atoms with Crippen LogP contribution < -0.4 is 5.32 Å². The van der Waals surface area contributed by atoms with Gasteiger partial charge in [0.15, 0.2) is 5.13 Å². The third-order valence-corrected chi connectivity index (χ3v) is 5.38. The number of aryl methyl sites for hydroxylation is 1. The number of anilines is 2. The molecule has 2 aromatic heterocycles. The lowest BCUT2D eigenvalue weighted by molar-refractivity contribution is 1.39. The SMILES string of the molecule is Cc1ccc(Nc2nc(-c3cc4ccccc4s3)cs2)cc1.Cl. The topological polar surface area (TPSA) is 24.9 Å². The summed E-state index contributed by atoms with van der Waals surface area (Å²) in [6, 6.07) is 19.0. The third-order valence-electron chi connectivity index (χ3n) is 3.48. The van der Waals surface area contributed by atoms with Gasteiger partial charge in [0.1, 0.15) is 0 Å². The zero-order valence-electron chi connectivity index (χ0n) is 12.4. The van der Waals surface area contributed by atoms with Crippen LogP contribution in [-0.4, -0.2) is 4.98 Å². The van der Waals surface area contributed by atoms with Crippen LogP contribution in [0.4, 0.5) is 10.8 Å². The smallest absolute Gasteiger partial charge is 0.187 e. The van der Waals surface area contributed by atoms with E-state index in [1.807, 2.05) is 0 Å².